The van der Waals surface area contributed by atoms with Gasteiger partial charge in [-0.05, 0) is 49.2 Å². The van der Waals surface area contributed by atoms with E-state index in [1.165, 1.54) is 13.8 Å². The molecule has 0 radical (unpaired) electrons. The van der Waals surface area contributed by atoms with Crippen LogP contribution in [0.5, 0.6) is 0 Å². The van der Waals surface area contributed by atoms with Crippen LogP contribution in [-0.2, 0) is 4.79 Å². The number of carbonyl (C=O) groups is 1. The van der Waals surface area contributed by atoms with Crippen LogP contribution in [-0.4, -0.2) is 5.78 Å². The third-order valence-electron chi connectivity index (χ3n) is 2.15. The third-order valence-corrected chi connectivity index (χ3v) is 2.15. The van der Waals surface area contributed by atoms with Gasteiger partial charge in [-0.2, -0.15) is 0 Å². The van der Waals surface area contributed by atoms with Gasteiger partial charge in [-0.1, -0.05) is 24.3 Å². The van der Waals surface area contributed by atoms with Crippen molar-refractivity contribution in [3.8, 4) is 11.1 Å². The van der Waals surface area contributed by atoms with Crippen LogP contribution in [0.25, 0.3) is 11.1 Å². The molecule has 0 heterocycles. The smallest absolute Gasteiger partial charge is 0.126 e. The van der Waals surface area contributed by atoms with Crippen molar-refractivity contribution in [2.75, 3.05) is 11.5 Å². The number of hydrogen-bond donors (Lipinski definition) is 2. The number of nitrogens with two attached hydrogens (primary N) is 2. The second-order valence-electron chi connectivity index (χ2n) is 4.15. The zero-order chi connectivity index (χ0) is 13.5. The minimum Gasteiger partial charge on any atom is -0.399 e. The van der Waals surface area contributed by atoms with Crippen molar-refractivity contribution in [1.29, 1.82) is 0 Å². The molecule has 2 rings (SSSR count). The first-order chi connectivity index (χ1) is 8.49. The number of anilines is 2. The topological polar surface area (TPSA) is 69.1 Å². The Balaban J connectivity index is 0.000000357. The van der Waals surface area contributed by atoms with Crippen LogP contribution in [0.3, 0.4) is 0 Å². The van der Waals surface area contributed by atoms with Crippen LogP contribution in [0.1, 0.15) is 13.8 Å². The standard InChI is InChI=1S/C12H12N2.C3H6O/c13-11-5-1-9(2-6-11)10-3-7-12(14)8-4-10;1-3(2)4/h1-8H,13-14H2;1-2H3. The van der Waals surface area contributed by atoms with E-state index in [0.717, 1.165) is 22.5 Å². The highest BCUT2D eigenvalue weighted by Gasteiger charge is 1.95. The Morgan fingerprint density at radius 2 is 0.944 bits per heavy atom. The average Bonchev–Trinajstić information content (AvgIpc) is 2.31. The molecule has 0 amide bonds. The molecule has 0 aliphatic carbocycles. The summed E-state index contributed by atoms with van der Waals surface area (Å²) in [5.41, 5.74) is 15.1. The maximum Gasteiger partial charge on any atom is 0.126 e. The van der Waals surface area contributed by atoms with E-state index in [2.05, 4.69) is 0 Å². The van der Waals surface area contributed by atoms with Crippen LogP contribution in [0, 0.1) is 0 Å². The van der Waals surface area contributed by atoms with E-state index in [4.69, 9.17) is 11.5 Å². The van der Waals surface area contributed by atoms with Gasteiger partial charge in [0.05, 0.1) is 0 Å². The Kier molecular flexibility index (Phi) is 4.93. The quantitative estimate of drug-likeness (QED) is 0.755. The number of ketones is 1. The average molecular weight is 242 g/mol. The van der Waals surface area contributed by atoms with Gasteiger partial charge in [0.25, 0.3) is 0 Å². The number of nitrogen functional groups attached to an aromatic ring is 2. The molecule has 0 aromatic heterocycles. The van der Waals surface area contributed by atoms with Gasteiger partial charge in [-0.3, -0.25) is 0 Å². The molecular weight excluding hydrogens is 224 g/mol. The van der Waals surface area contributed by atoms with Crippen molar-refractivity contribution in [2.24, 2.45) is 0 Å². The number of benzene rings is 2. The summed E-state index contributed by atoms with van der Waals surface area (Å²) in [5, 5.41) is 0. The number of Topliss-reactive ketones (excluding diaryl/α,β-unsaturated/α-hetero) is 1. The lowest BCUT2D eigenvalue weighted by Gasteiger charge is -2.02. The Hall–Kier alpha value is -2.29. The van der Waals surface area contributed by atoms with E-state index in [1.807, 2.05) is 48.5 Å². The molecular formula is C15H18N2O. The lowest BCUT2D eigenvalue weighted by Crippen LogP contribution is -1.85. The normalized spacial score (nSPS) is 9.22. The monoisotopic (exact) mass is 242 g/mol. The largest absolute Gasteiger partial charge is 0.399 e. The first-order valence-corrected chi connectivity index (χ1v) is 5.67. The van der Waals surface area contributed by atoms with E-state index in [-0.39, 0.29) is 5.78 Å². The molecule has 94 valence electrons. The van der Waals surface area contributed by atoms with Gasteiger partial charge in [0, 0.05) is 11.4 Å². The van der Waals surface area contributed by atoms with E-state index in [9.17, 15) is 4.79 Å². The van der Waals surface area contributed by atoms with E-state index in [1.54, 1.807) is 0 Å². The molecule has 0 aliphatic heterocycles. The molecule has 18 heavy (non-hydrogen) atoms. The minimum absolute atomic E-state index is 0.167. The van der Waals surface area contributed by atoms with Crippen LogP contribution in [0.2, 0.25) is 0 Å². The lowest BCUT2D eigenvalue weighted by molar-refractivity contribution is -0.114. The van der Waals surface area contributed by atoms with Gasteiger partial charge in [0.2, 0.25) is 0 Å². The molecule has 2 aromatic rings. The minimum atomic E-state index is 0.167. The molecule has 0 unspecified atom stereocenters. The van der Waals surface area contributed by atoms with E-state index >= 15 is 0 Å². The summed E-state index contributed by atoms with van der Waals surface area (Å²) in [7, 11) is 0. The van der Waals surface area contributed by atoms with Crippen molar-refractivity contribution in [3.63, 3.8) is 0 Å². The van der Waals surface area contributed by atoms with Crippen molar-refractivity contribution >= 4 is 17.2 Å². The predicted molar refractivity (Wildman–Crippen MR) is 77.1 cm³/mol. The molecule has 0 bridgehead atoms. The molecule has 2 aromatic carbocycles. The molecule has 0 atom stereocenters. The van der Waals surface area contributed by atoms with Crippen LogP contribution in [0.15, 0.2) is 48.5 Å². The fourth-order valence-electron chi connectivity index (χ4n) is 1.35. The summed E-state index contributed by atoms with van der Waals surface area (Å²) < 4.78 is 0. The van der Waals surface area contributed by atoms with Gasteiger partial charge >= 0.3 is 0 Å². The maximum absolute atomic E-state index is 9.44. The van der Waals surface area contributed by atoms with Crippen molar-refractivity contribution < 1.29 is 4.79 Å². The van der Waals surface area contributed by atoms with Gasteiger partial charge in [-0.15, -0.1) is 0 Å². The summed E-state index contributed by atoms with van der Waals surface area (Å²) in [6.45, 7) is 3.06. The molecule has 0 saturated heterocycles. The van der Waals surface area contributed by atoms with Gasteiger partial charge in [0.15, 0.2) is 0 Å². The second-order valence-corrected chi connectivity index (χ2v) is 4.15. The zero-order valence-corrected chi connectivity index (χ0v) is 10.7. The number of rotatable bonds is 1. The molecule has 0 aliphatic rings. The predicted octanol–water partition coefficient (Wildman–Crippen LogP) is 3.11. The van der Waals surface area contributed by atoms with Gasteiger partial charge in [0.1, 0.15) is 5.78 Å². The molecule has 0 saturated carbocycles. The van der Waals surface area contributed by atoms with Gasteiger partial charge in [-0.25, -0.2) is 0 Å². The molecule has 3 heteroatoms. The highest BCUT2D eigenvalue weighted by atomic mass is 16.1. The summed E-state index contributed by atoms with van der Waals surface area (Å²) in [6, 6.07) is 15.6. The molecule has 3 nitrogen and oxygen atoms in total. The lowest BCUT2D eigenvalue weighted by atomic mass is 10.1. The van der Waals surface area contributed by atoms with Crippen LogP contribution >= 0.6 is 0 Å². The SMILES string of the molecule is CC(C)=O.Nc1ccc(-c2ccc(N)cc2)cc1. The molecule has 0 fully saturated rings. The summed E-state index contributed by atoms with van der Waals surface area (Å²) in [4.78, 5) is 9.44. The van der Waals surface area contributed by atoms with Crippen molar-refractivity contribution in [1.82, 2.24) is 0 Å². The molecule has 0 spiro atoms. The third kappa shape index (κ3) is 4.70. The first-order valence-electron chi connectivity index (χ1n) is 5.67. The maximum atomic E-state index is 9.44. The Bertz CT molecular complexity index is 454. The highest BCUT2D eigenvalue weighted by Crippen LogP contribution is 2.21. The highest BCUT2D eigenvalue weighted by molar-refractivity contribution is 5.72. The molecule has 4 N–H and O–H groups in total. The Morgan fingerprint density at radius 3 is 1.17 bits per heavy atom. The van der Waals surface area contributed by atoms with Crippen LogP contribution < -0.4 is 11.5 Å². The second kappa shape index (κ2) is 6.45. The summed E-state index contributed by atoms with van der Waals surface area (Å²) in [5.74, 6) is 0.167. The zero-order valence-electron chi connectivity index (χ0n) is 10.7. The van der Waals surface area contributed by atoms with Crippen molar-refractivity contribution in [2.45, 2.75) is 13.8 Å². The summed E-state index contributed by atoms with van der Waals surface area (Å²) in [6.07, 6.45) is 0. The fraction of sp³-hybridized carbons (Fsp3) is 0.133. The fourth-order valence-corrected chi connectivity index (χ4v) is 1.35. The van der Waals surface area contributed by atoms with E-state index < -0.39 is 0 Å². The first kappa shape index (κ1) is 13.8. The number of carbonyl (C=O) groups excluding carboxylic acids is 1. The van der Waals surface area contributed by atoms with Crippen molar-refractivity contribution in [3.05, 3.63) is 48.5 Å². The van der Waals surface area contributed by atoms with Gasteiger partial charge < -0.3 is 16.3 Å². The Morgan fingerprint density at radius 1 is 0.722 bits per heavy atom. The van der Waals surface area contributed by atoms with E-state index in [0.29, 0.717) is 0 Å². The number of hydrogen-bond acceptors (Lipinski definition) is 3. The Labute approximate surface area is 107 Å². The summed E-state index contributed by atoms with van der Waals surface area (Å²) >= 11 is 0. The van der Waals surface area contributed by atoms with Crippen LogP contribution in [0.4, 0.5) is 11.4 Å².